The van der Waals surface area contributed by atoms with Crippen LogP contribution in [0.4, 0.5) is 0 Å². The van der Waals surface area contributed by atoms with Gasteiger partial charge in [-0.1, -0.05) is 40.5 Å². The van der Waals surface area contributed by atoms with Gasteiger partial charge in [0.2, 0.25) is 9.76 Å². The molecule has 1 aliphatic rings. The summed E-state index contributed by atoms with van der Waals surface area (Å²) in [6, 6.07) is 0.930. The van der Waals surface area contributed by atoms with E-state index in [-0.39, 0.29) is 36.9 Å². The molecule has 1 amide bonds. The predicted molar refractivity (Wildman–Crippen MR) is 109 cm³/mol. The molecule has 5 unspecified atom stereocenters. The van der Waals surface area contributed by atoms with Crippen LogP contribution in [-0.2, 0) is 40.8 Å². The van der Waals surface area contributed by atoms with Gasteiger partial charge in [-0.25, -0.2) is 0 Å². The fourth-order valence-electron chi connectivity index (χ4n) is 3.27. The summed E-state index contributed by atoms with van der Waals surface area (Å²) in [5.41, 5.74) is -0.0948. The zero-order chi connectivity index (χ0) is 22.6. The van der Waals surface area contributed by atoms with E-state index in [0.29, 0.717) is 34.6 Å². The van der Waals surface area contributed by atoms with Gasteiger partial charge in [0, 0.05) is 0 Å². The Hall–Kier alpha value is -0.0887. The van der Waals surface area contributed by atoms with Crippen LogP contribution in [0.1, 0.15) is 61.7 Å². The van der Waals surface area contributed by atoms with Gasteiger partial charge in [0.1, 0.15) is 0 Å². The minimum absolute atomic E-state index is 0.0462. The average Bonchev–Trinajstić information content (AvgIpc) is 3.10. The van der Waals surface area contributed by atoms with Gasteiger partial charge in [0.25, 0.3) is 0 Å². The molecule has 2 radical (unpaired) electrons. The summed E-state index contributed by atoms with van der Waals surface area (Å²) in [5.74, 6) is 0.867. The number of amides is 1. The van der Waals surface area contributed by atoms with E-state index in [1.807, 2.05) is 17.2 Å². The van der Waals surface area contributed by atoms with Crippen molar-refractivity contribution in [2.45, 2.75) is 84.2 Å². The first-order valence-corrected chi connectivity index (χ1v) is 12.4. The number of nitrogens with zero attached hydrogens (tertiary/aromatic N) is 1. The summed E-state index contributed by atoms with van der Waals surface area (Å²) >= 11 is 1.97. The second kappa shape index (κ2) is 14.8. The minimum atomic E-state index is -0.657. The van der Waals surface area contributed by atoms with Crippen molar-refractivity contribution in [1.29, 1.82) is 0 Å². The van der Waals surface area contributed by atoms with Crippen molar-refractivity contribution in [3.05, 3.63) is 0 Å². The predicted octanol–water partition coefficient (Wildman–Crippen LogP) is 3.23. The van der Waals surface area contributed by atoms with Crippen LogP contribution in [0.25, 0.3) is 0 Å². The number of hydrogen-bond donors (Lipinski definition) is 1. The summed E-state index contributed by atoms with van der Waals surface area (Å²) in [4.78, 5) is 17.0. The van der Waals surface area contributed by atoms with Crippen LogP contribution >= 0.6 is 0 Å². The van der Waals surface area contributed by atoms with Crippen LogP contribution in [0.2, 0.25) is 6.04 Å². The molecule has 167 valence electrons. The van der Waals surface area contributed by atoms with Gasteiger partial charge in [0.15, 0.2) is 0 Å². The molecule has 29 heavy (non-hydrogen) atoms. The molecule has 0 aliphatic carbocycles. The van der Waals surface area contributed by atoms with Crippen LogP contribution in [-0.4, -0.2) is 59.8 Å². The van der Waals surface area contributed by atoms with Gasteiger partial charge in [-0.15, -0.1) is 0 Å². The van der Waals surface area contributed by atoms with Gasteiger partial charge < -0.3 is 4.43 Å². The second-order valence-electron chi connectivity index (χ2n) is 7.81. The molecule has 0 saturated carbocycles. The normalized spacial score (nSPS) is 26.3. The van der Waals surface area contributed by atoms with E-state index >= 15 is 0 Å². The van der Waals surface area contributed by atoms with Crippen molar-refractivity contribution < 1.29 is 42.1 Å². The number of carbonyl (C=O) groups is 1. The Morgan fingerprint density at radius 1 is 1.41 bits per heavy atom. The third kappa shape index (κ3) is 9.29. The molecule has 0 aromatic rings. The number of ether oxygens (including phenoxy) is 2. The van der Waals surface area contributed by atoms with Gasteiger partial charge in [-0.2, -0.15) is 0 Å². The number of nitrogens with one attached hydrogen (secondary N) is 1. The summed E-state index contributed by atoms with van der Waals surface area (Å²) in [7, 11) is 0.433. The molecule has 1 aliphatic heterocycles. The summed E-state index contributed by atoms with van der Waals surface area (Å²) in [5, 5.41) is 2.89. The van der Waals surface area contributed by atoms with Gasteiger partial charge >= 0.3 is 110 Å². The molecular weight excluding hydrogens is 427 g/mol. The Kier molecular flexibility index (Phi) is 12.9. The SMILES string of the molecule is [3H]C1CC(OCC(=O)NCCC[Si]OC(C)(C(C)CC)C(C)CC)C(CO[N]=[V])O1. The molecule has 1 rings (SSSR count). The molecule has 1 N–H and O–H groups in total. The first-order chi connectivity index (χ1) is 14.3. The molecule has 5 atom stereocenters. The van der Waals surface area contributed by atoms with Gasteiger partial charge in [0.05, 0.1) is 5.60 Å². The van der Waals surface area contributed by atoms with E-state index in [1.165, 1.54) is 0 Å². The number of carbonyl (C=O) groups excluding carboxylic acids is 1. The summed E-state index contributed by atoms with van der Waals surface area (Å²) in [6.07, 6.45) is 2.79. The third-order valence-corrected chi connectivity index (χ3v) is 7.31. The molecular formula is C20H38N2O5SiV. The molecule has 0 aromatic carbocycles. The fourth-order valence-corrected chi connectivity index (χ4v) is 4.51. The first kappa shape index (κ1) is 25.2. The van der Waals surface area contributed by atoms with Crippen molar-refractivity contribution in [2.24, 2.45) is 15.8 Å². The Labute approximate surface area is 189 Å². The zero-order valence-corrected chi connectivity index (χ0v) is 20.9. The second-order valence-corrected chi connectivity index (χ2v) is 9.05. The van der Waals surface area contributed by atoms with Crippen LogP contribution in [0.3, 0.4) is 0 Å². The topological polar surface area (TPSA) is 78.4 Å². The van der Waals surface area contributed by atoms with Gasteiger partial charge in [-0.3, -0.25) is 0 Å². The summed E-state index contributed by atoms with van der Waals surface area (Å²) < 4.78 is 28.6. The number of hydrogen-bond acceptors (Lipinski definition) is 6. The maximum atomic E-state index is 12.0. The monoisotopic (exact) mass is 467 g/mol. The van der Waals surface area contributed by atoms with E-state index in [1.54, 1.807) is 0 Å². The molecule has 1 heterocycles. The van der Waals surface area contributed by atoms with Crippen LogP contribution in [0, 0.1) is 11.8 Å². The van der Waals surface area contributed by atoms with Crippen molar-refractivity contribution in [2.75, 3.05) is 26.3 Å². The summed E-state index contributed by atoms with van der Waals surface area (Å²) in [6.45, 7) is 11.3. The van der Waals surface area contributed by atoms with Crippen molar-refractivity contribution in [3.8, 4) is 0 Å². The van der Waals surface area contributed by atoms with Crippen molar-refractivity contribution >= 4 is 15.7 Å². The third-order valence-electron chi connectivity index (χ3n) is 5.99. The van der Waals surface area contributed by atoms with E-state index in [0.717, 1.165) is 25.3 Å². The van der Waals surface area contributed by atoms with E-state index in [9.17, 15) is 4.79 Å². The van der Waals surface area contributed by atoms with E-state index < -0.39 is 6.58 Å². The van der Waals surface area contributed by atoms with E-state index in [4.69, 9.17) is 20.1 Å². The van der Waals surface area contributed by atoms with Crippen molar-refractivity contribution in [3.63, 3.8) is 0 Å². The number of rotatable bonds is 16. The Morgan fingerprint density at radius 2 is 2.10 bits per heavy atom. The van der Waals surface area contributed by atoms with E-state index in [2.05, 4.69) is 43.9 Å². The Balaban J connectivity index is 2.23. The fraction of sp³-hybridized carbons (Fsp3) is 0.950. The Morgan fingerprint density at radius 3 is 2.72 bits per heavy atom. The Bertz CT molecular complexity index is 510. The molecule has 9 heteroatoms. The maximum absolute atomic E-state index is 12.0. The molecule has 1 saturated heterocycles. The average molecular weight is 468 g/mol. The standard InChI is InChI=1S/C20H38N2O5Si.V/c1-6-15(3)20(5,16(4)7-2)27-28-12-8-10-22-19(23)14-25-17-9-11-24-18(17)13-26-21;/h15-18H,6-14H2,1-5H3,(H,22,23);/i11T;. The van der Waals surface area contributed by atoms with Crippen molar-refractivity contribution in [1.82, 2.24) is 5.32 Å². The van der Waals surface area contributed by atoms with Crippen LogP contribution in [0.5, 0.6) is 0 Å². The molecule has 0 spiro atoms. The molecule has 7 nitrogen and oxygen atoms in total. The first-order valence-electron chi connectivity index (χ1n) is 11.2. The molecule has 0 aromatic heterocycles. The molecule has 0 bridgehead atoms. The zero-order valence-electron chi connectivity index (χ0n) is 19.5. The van der Waals surface area contributed by atoms with Crippen LogP contribution < -0.4 is 5.32 Å². The quantitative estimate of drug-likeness (QED) is 0.214. The van der Waals surface area contributed by atoms with Crippen LogP contribution in [0.15, 0.2) is 3.95 Å². The molecule has 1 fully saturated rings. The van der Waals surface area contributed by atoms with Gasteiger partial charge in [-0.05, 0) is 18.8 Å².